The standard InChI is InChI=1S/C20H31N3O4.2ClH/c1-23-13-20(5-7-21-8-6-20)11-15(23)19(24)22-12-14-9-16(25-2)18(27-4)17(10-14)26-3;;/h9-10,15,21H,5-8,11-13H2,1-4H3,(H,22,24);2*1H. The number of halogens is 2. The summed E-state index contributed by atoms with van der Waals surface area (Å²) in [6, 6.07) is 3.67. The lowest BCUT2D eigenvalue weighted by Crippen LogP contribution is -2.41. The van der Waals surface area contributed by atoms with Crippen LogP contribution < -0.4 is 24.8 Å². The van der Waals surface area contributed by atoms with E-state index in [2.05, 4.69) is 22.6 Å². The van der Waals surface area contributed by atoms with Gasteiger partial charge in [-0.2, -0.15) is 0 Å². The number of benzene rings is 1. The molecule has 2 fully saturated rings. The molecular formula is C20H33Cl2N3O4. The number of carbonyl (C=O) groups is 1. The zero-order valence-corrected chi connectivity index (χ0v) is 19.2. The van der Waals surface area contributed by atoms with Crippen molar-refractivity contribution in [2.24, 2.45) is 5.41 Å². The molecule has 9 heteroatoms. The molecule has 3 rings (SSSR count). The maximum absolute atomic E-state index is 12.8. The third-order valence-corrected chi connectivity index (χ3v) is 5.90. The second-order valence-corrected chi connectivity index (χ2v) is 7.64. The van der Waals surface area contributed by atoms with Gasteiger partial charge in [0, 0.05) is 13.1 Å². The Balaban J connectivity index is 0.00000210. The number of methoxy groups -OCH3 is 3. The van der Waals surface area contributed by atoms with E-state index in [-0.39, 0.29) is 42.2 Å². The number of hydrogen-bond donors (Lipinski definition) is 2. The molecular weight excluding hydrogens is 417 g/mol. The van der Waals surface area contributed by atoms with Crippen LogP contribution in [0, 0.1) is 5.41 Å². The monoisotopic (exact) mass is 449 g/mol. The molecule has 0 radical (unpaired) electrons. The lowest BCUT2D eigenvalue weighted by molar-refractivity contribution is -0.125. The van der Waals surface area contributed by atoms with Gasteiger partial charge in [-0.15, -0.1) is 24.8 Å². The number of likely N-dealkylation sites (tertiary alicyclic amines) is 1. The van der Waals surface area contributed by atoms with Crippen molar-refractivity contribution in [1.29, 1.82) is 0 Å². The molecule has 2 N–H and O–H groups in total. The van der Waals surface area contributed by atoms with E-state index in [9.17, 15) is 4.79 Å². The highest BCUT2D eigenvalue weighted by atomic mass is 35.5. The average Bonchev–Trinajstić information content (AvgIpc) is 3.01. The Labute approximate surface area is 185 Å². The Morgan fingerprint density at radius 3 is 2.24 bits per heavy atom. The van der Waals surface area contributed by atoms with E-state index >= 15 is 0 Å². The van der Waals surface area contributed by atoms with Gasteiger partial charge in [-0.1, -0.05) is 0 Å². The highest BCUT2D eigenvalue weighted by molar-refractivity contribution is 5.85. The van der Waals surface area contributed by atoms with Crippen molar-refractivity contribution in [3.8, 4) is 17.2 Å². The second-order valence-electron chi connectivity index (χ2n) is 7.64. The molecule has 2 heterocycles. The zero-order valence-electron chi connectivity index (χ0n) is 17.6. The second kappa shape index (κ2) is 11.1. The van der Waals surface area contributed by atoms with Crippen LogP contribution in [0.15, 0.2) is 12.1 Å². The molecule has 0 bridgehead atoms. The van der Waals surface area contributed by atoms with Crippen LogP contribution in [0.2, 0.25) is 0 Å². The number of rotatable bonds is 6. The Kier molecular flexibility index (Phi) is 9.82. The van der Waals surface area contributed by atoms with Gasteiger partial charge in [0.25, 0.3) is 0 Å². The average molecular weight is 450 g/mol. The first-order chi connectivity index (χ1) is 13.0. The van der Waals surface area contributed by atoms with Gasteiger partial charge >= 0.3 is 0 Å². The molecule has 2 aliphatic rings. The van der Waals surface area contributed by atoms with Gasteiger partial charge in [0.05, 0.1) is 27.4 Å². The van der Waals surface area contributed by atoms with Crippen LogP contribution in [0.4, 0.5) is 0 Å². The van der Waals surface area contributed by atoms with Gasteiger partial charge < -0.3 is 24.8 Å². The summed E-state index contributed by atoms with van der Waals surface area (Å²) in [6.07, 6.45) is 3.23. The van der Waals surface area contributed by atoms with E-state index < -0.39 is 0 Å². The lowest BCUT2D eigenvalue weighted by Gasteiger charge is -2.33. The van der Waals surface area contributed by atoms with E-state index in [0.29, 0.717) is 23.8 Å². The number of amides is 1. The predicted molar refractivity (Wildman–Crippen MR) is 118 cm³/mol. The summed E-state index contributed by atoms with van der Waals surface area (Å²) < 4.78 is 16.1. The summed E-state index contributed by atoms with van der Waals surface area (Å²) in [5, 5.41) is 6.50. The van der Waals surface area contributed by atoms with E-state index in [1.807, 2.05) is 12.1 Å². The number of likely N-dealkylation sites (N-methyl/N-ethyl adjacent to an activating group) is 1. The third-order valence-electron chi connectivity index (χ3n) is 5.90. The summed E-state index contributed by atoms with van der Waals surface area (Å²) in [6.45, 7) is 3.52. The van der Waals surface area contributed by atoms with Crippen molar-refractivity contribution in [2.75, 3.05) is 48.0 Å². The van der Waals surface area contributed by atoms with Crippen LogP contribution in [-0.2, 0) is 11.3 Å². The maximum atomic E-state index is 12.8. The van der Waals surface area contributed by atoms with Gasteiger partial charge in [0.1, 0.15) is 0 Å². The molecule has 7 nitrogen and oxygen atoms in total. The Morgan fingerprint density at radius 1 is 1.14 bits per heavy atom. The number of nitrogens with zero attached hydrogens (tertiary/aromatic N) is 1. The predicted octanol–water partition coefficient (Wildman–Crippen LogP) is 2.25. The van der Waals surface area contributed by atoms with E-state index in [1.165, 1.54) is 0 Å². The number of ether oxygens (including phenoxy) is 3. The Hall–Kier alpha value is -1.41. The summed E-state index contributed by atoms with van der Waals surface area (Å²) >= 11 is 0. The van der Waals surface area contributed by atoms with Gasteiger partial charge in [0.2, 0.25) is 11.7 Å². The zero-order chi connectivity index (χ0) is 19.4. The van der Waals surface area contributed by atoms with Gasteiger partial charge in [0.15, 0.2) is 11.5 Å². The first-order valence-corrected chi connectivity index (χ1v) is 9.49. The molecule has 1 amide bonds. The van der Waals surface area contributed by atoms with Crippen molar-refractivity contribution < 1.29 is 19.0 Å². The molecule has 1 aromatic carbocycles. The van der Waals surface area contributed by atoms with E-state index in [0.717, 1.165) is 44.5 Å². The number of hydrogen-bond acceptors (Lipinski definition) is 6. The molecule has 1 unspecified atom stereocenters. The molecule has 0 saturated carbocycles. The molecule has 0 aromatic heterocycles. The highest BCUT2D eigenvalue weighted by Gasteiger charge is 2.45. The maximum Gasteiger partial charge on any atom is 0.237 e. The molecule has 1 aromatic rings. The van der Waals surface area contributed by atoms with Crippen molar-refractivity contribution in [1.82, 2.24) is 15.5 Å². The SMILES string of the molecule is COc1cc(CNC(=O)C2CC3(CCNCC3)CN2C)cc(OC)c1OC.Cl.Cl. The van der Waals surface area contributed by atoms with E-state index in [4.69, 9.17) is 14.2 Å². The normalized spacial score (nSPS) is 20.3. The van der Waals surface area contributed by atoms with Gasteiger partial charge in [-0.25, -0.2) is 0 Å². The lowest BCUT2D eigenvalue weighted by atomic mass is 9.77. The smallest absolute Gasteiger partial charge is 0.237 e. The topological polar surface area (TPSA) is 72.1 Å². The molecule has 1 atom stereocenters. The first kappa shape index (κ1) is 25.6. The number of carbonyl (C=O) groups excluding carboxylic acids is 1. The van der Waals surface area contributed by atoms with Crippen molar-refractivity contribution in [3.63, 3.8) is 0 Å². The van der Waals surface area contributed by atoms with Crippen LogP contribution in [0.25, 0.3) is 0 Å². The van der Waals surface area contributed by atoms with Gasteiger partial charge in [-0.3, -0.25) is 9.69 Å². The van der Waals surface area contributed by atoms with E-state index in [1.54, 1.807) is 21.3 Å². The largest absolute Gasteiger partial charge is 0.493 e. The number of nitrogens with one attached hydrogen (secondary N) is 2. The Morgan fingerprint density at radius 2 is 1.72 bits per heavy atom. The summed E-state index contributed by atoms with van der Waals surface area (Å²) in [7, 11) is 6.81. The first-order valence-electron chi connectivity index (χ1n) is 9.49. The minimum Gasteiger partial charge on any atom is -0.493 e. The highest BCUT2D eigenvalue weighted by Crippen LogP contribution is 2.41. The van der Waals surface area contributed by atoms with Crippen LogP contribution in [-0.4, -0.2) is 64.9 Å². The number of piperidine rings is 1. The van der Waals surface area contributed by atoms with Crippen LogP contribution in [0.5, 0.6) is 17.2 Å². The van der Waals surface area contributed by atoms with Crippen LogP contribution in [0.3, 0.4) is 0 Å². The minimum atomic E-state index is -0.0647. The fraction of sp³-hybridized carbons (Fsp3) is 0.650. The summed E-state index contributed by atoms with van der Waals surface area (Å²) in [5.74, 6) is 1.82. The fourth-order valence-corrected chi connectivity index (χ4v) is 4.43. The molecule has 0 aliphatic carbocycles. The third kappa shape index (κ3) is 5.60. The Bertz CT molecular complexity index is 659. The molecule has 1 spiro atoms. The van der Waals surface area contributed by atoms with Crippen molar-refractivity contribution in [3.05, 3.63) is 17.7 Å². The molecule has 166 valence electrons. The van der Waals surface area contributed by atoms with Crippen molar-refractivity contribution >= 4 is 30.7 Å². The quantitative estimate of drug-likeness (QED) is 0.693. The van der Waals surface area contributed by atoms with Gasteiger partial charge in [-0.05, 0) is 62.5 Å². The van der Waals surface area contributed by atoms with Crippen LogP contribution in [0.1, 0.15) is 24.8 Å². The molecule has 2 aliphatic heterocycles. The summed E-state index contributed by atoms with van der Waals surface area (Å²) in [5.41, 5.74) is 1.20. The van der Waals surface area contributed by atoms with Crippen LogP contribution >= 0.6 is 24.8 Å². The fourth-order valence-electron chi connectivity index (χ4n) is 4.43. The molecule has 2 saturated heterocycles. The summed E-state index contributed by atoms with van der Waals surface area (Å²) in [4.78, 5) is 15.0. The molecule has 29 heavy (non-hydrogen) atoms. The minimum absolute atomic E-state index is 0. The van der Waals surface area contributed by atoms with Crippen molar-refractivity contribution in [2.45, 2.75) is 31.8 Å².